The molecule has 2 heterocycles. The Labute approximate surface area is 338 Å². The van der Waals surface area contributed by atoms with Crippen LogP contribution in [0.15, 0.2) is 143 Å². The molecule has 13 heteroatoms. The van der Waals surface area contributed by atoms with E-state index in [4.69, 9.17) is 18.9 Å². The van der Waals surface area contributed by atoms with Crippen LogP contribution in [0.4, 0.5) is 0 Å². The fourth-order valence-corrected chi connectivity index (χ4v) is 8.00. The molecule has 0 spiro atoms. The second-order valence-corrected chi connectivity index (χ2v) is 14.3. The Morgan fingerprint density at radius 2 is 1.27 bits per heavy atom. The van der Waals surface area contributed by atoms with Crippen molar-refractivity contribution in [3.63, 3.8) is 0 Å². The van der Waals surface area contributed by atoms with Crippen LogP contribution in [0.3, 0.4) is 0 Å². The highest BCUT2D eigenvalue weighted by Gasteiger charge is 2.50. The van der Waals surface area contributed by atoms with E-state index in [0.717, 1.165) is 27.3 Å². The first-order valence-electron chi connectivity index (χ1n) is 18.8. The molecule has 59 heavy (non-hydrogen) atoms. The van der Waals surface area contributed by atoms with Gasteiger partial charge in [0.15, 0.2) is 17.8 Å². The van der Waals surface area contributed by atoms with Crippen molar-refractivity contribution in [3.05, 3.63) is 199 Å². The number of nitrogens with zero attached hydrogens (tertiary/aromatic N) is 2. The number of likely N-dealkylation sites (N-methyl/N-ethyl adjacent to an activating group) is 1. The Morgan fingerprint density at radius 1 is 0.729 bits per heavy atom. The van der Waals surface area contributed by atoms with Crippen LogP contribution in [-0.2, 0) is 15.1 Å². The quantitative estimate of drug-likeness (QED) is 0.175. The maximum Gasteiger partial charge on any atom is 0.330 e. The van der Waals surface area contributed by atoms with Crippen molar-refractivity contribution >= 4 is 17.5 Å². The van der Waals surface area contributed by atoms with E-state index in [2.05, 4.69) is 4.98 Å². The second-order valence-electron chi connectivity index (χ2n) is 14.3. The van der Waals surface area contributed by atoms with Crippen LogP contribution in [0.1, 0.15) is 65.1 Å². The van der Waals surface area contributed by atoms with Gasteiger partial charge in [0.25, 0.3) is 11.5 Å². The maximum absolute atomic E-state index is 14.4. The molecular weight excluding hydrogens is 755 g/mol. The number of fused-ring (bicyclic) bond motifs is 2. The van der Waals surface area contributed by atoms with E-state index in [9.17, 15) is 29.1 Å². The number of aliphatic hydroxyl groups excluding tert-OH is 1. The molecule has 0 unspecified atom stereocenters. The van der Waals surface area contributed by atoms with Gasteiger partial charge in [-0.3, -0.25) is 28.7 Å². The van der Waals surface area contributed by atoms with Gasteiger partial charge < -0.3 is 29.0 Å². The predicted octanol–water partition coefficient (Wildman–Crippen LogP) is 4.74. The largest absolute Gasteiger partial charge is 0.497 e. The number of carbonyl (C=O) groups is 3. The summed E-state index contributed by atoms with van der Waals surface area (Å²) in [6.07, 6.45) is -2.67. The van der Waals surface area contributed by atoms with E-state index in [1.165, 1.54) is 36.3 Å². The third kappa shape index (κ3) is 6.84. The molecule has 6 aromatic rings. The standard InChI is InChI=1S/C46H39N3O10/c1-48(43(54)27-13-22-35-36(25-27)41(52)34-12-8-7-11-33(34)40(35)51)39-42(53)37(59-44(39)49-24-23-38(50)47-45(49)55)26-58-46(28-9-5-4-6-10-28,29-14-18-31(56-2)19-15-29)30-16-20-32(57-3)21-17-30/h4-25,37,39,42,44,53H,26H2,1-3H3,(H,47,50,55)/t37-,39-,42-,44-/m1/s1. The molecule has 5 aromatic carbocycles. The second kappa shape index (κ2) is 15.8. The molecule has 2 aliphatic rings. The lowest BCUT2D eigenvalue weighted by molar-refractivity contribution is -0.0949. The first kappa shape index (κ1) is 38.9. The zero-order valence-corrected chi connectivity index (χ0v) is 32.2. The molecule has 1 aliphatic carbocycles. The summed E-state index contributed by atoms with van der Waals surface area (Å²) in [7, 11) is 4.59. The molecule has 298 valence electrons. The fourth-order valence-electron chi connectivity index (χ4n) is 8.00. The zero-order valence-electron chi connectivity index (χ0n) is 32.2. The Bertz CT molecular complexity index is 2630. The summed E-state index contributed by atoms with van der Waals surface area (Å²) in [5.41, 5.74) is 0.262. The molecular formula is C46H39N3O10. The van der Waals surface area contributed by atoms with Crippen LogP contribution in [0.25, 0.3) is 0 Å². The van der Waals surface area contributed by atoms with Crippen molar-refractivity contribution in [1.29, 1.82) is 0 Å². The van der Waals surface area contributed by atoms with Crippen LogP contribution in [0, 0.1) is 0 Å². The lowest BCUT2D eigenvalue weighted by Crippen LogP contribution is -2.49. The number of rotatable bonds is 11. The summed E-state index contributed by atoms with van der Waals surface area (Å²) in [6.45, 7) is -0.254. The van der Waals surface area contributed by atoms with Crippen LogP contribution in [0.2, 0.25) is 0 Å². The molecule has 1 fully saturated rings. The molecule has 1 aromatic heterocycles. The minimum atomic E-state index is -1.46. The van der Waals surface area contributed by atoms with Gasteiger partial charge in [-0.05, 0) is 59.2 Å². The van der Waals surface area contributed by atoms with E-state index in [1.807, 2.05) is 78.9 Å². The number of H-pyrrole nitrogens is 1. The number of aliphatic hydroxyl groups is 1. The van der Waals surface area contributed by atoms with Gasteiger partial charge in [-0.2, -0.15) is 0 Å². The van der Waals surface area contributed by atoms with Crippen molar-refractivity contribution in [2.24, 2.45) is 0 Å². The molecule has 0 bridgehead atoms. The number of benzene rings is 5. The molecule has 8 rings (SSSR count). The van der Waals surface area contributed by atoms with Gasteiger partial charge in [-0.25, -0.2) is 4.79 Å². The van der Waals surface area contributed by atoms with Gasteiger partial charge in [0, 0.05) is 47.1 Å². The summed E-state index contributed by atoms with van der Waals surface area (Å²) in [4.78, 5) is 70.1. The first-order valence-corrected chi connectivity index (χ1v) is 18.8. The molecule has 2 N–H and O–H groups in total. The van der Waals surface area contributed by atoms with E-state index >= 15 is 0 Å². The number of nitrogens with one attached hydrogen (secondary N) is 1. The molecule has 13 nitrogen and oxygen atoms in total. The predicted molar refractivity (Wildman–Crippen MR) is 215 cm³/mol. The van der Waals surface area contributed by atoms with Crippen LogP contribution in [0.5, 0.6) is 11.5 Å². The van der Waals surface area contributed by atoms with Crippen molar-refractivity contribution < 1.29 is 38.4 Å². The van der Waals surface area contributed by atoms with E-state index in [-0.39, 0.29) is 40.2 Å². The van der Waals surface area contributed by atoms with Gasteiger partial charge in [0.05, 0.1) is 20.8 Å². The number of ketones is 2. The topological polar surface area (TPSA) is 166 Å². The smallest absolute Gasteiger partial charge is 0.330 e. The van der Waals surface area contributed by atoms with Crippen molar-refractivity contribution in [2.45, 2.75) is 30.1 Å². The number of aromatic nitrogens is 2. The highest BCUT2D eigenvalue weighted by Crippen LogP contribution is 2.43. The maximum atomic E-state index is 14.4. The Balaban J connectivity index is 1.17. The summed E-state index contributed by atoms with van der Waals surface area (Å²) >= 11 is 0. The fraction of sp³-hybridized carbons (Fsp3) is 0.196. The third-order valence-electron chi connectivity index (χ3n) is 11.0. The van der Waals surface area contributed by atoms with Gasteiger partial charge in [0.1, 0.15) is 35.3 Å². The SMILES string of the molecule is COc1ccc(C(OC[C@H]2O[C@@H](n3ccc(=O)[nH]c3=O)[C@H](N(C)C(=O)c3ccc4c(c3)C(=O)c3ccccc3C4=O)[C@@H]2O)(c2ccccc2)c2ccc(OC)cc2)cc1. The van der Waals surface area contributed by atoms with Gasteiger partial charge in [0.2, 0.25) is 0 Å². The number of aromatic amines is 1. The summed E-state index contributed by atoms with van der Waals surface area (Å²) in [5.74, 6) is -0.104. The highest BCUT2D eigenvalue weighted by atomic mass is 16.6. The molecule has 0 radical (unpaired) electrons. The van der Waals surface area contributed by atoms with Crippen molar-refractivity contribution in [2.75, 3.05) is 27.9 Å². The van der Waals surface area contributed by atoms with E-state index in [1.54, 1.807) is 38.5 Å². The van der Waals surface area contributed by atoms with Gasteiger partial charge in [-0.15, -0.1) is 0 Å². The number of carbonyl (C=O) groups excluding carboxylic acids is 3. The first-order chi connectivity index (χ1) is 28.5. The normalized spacial score (nSPS) is 18.5. The number of ether oxygens (including phenoxy) is 4. The highest BCUT2D eigenvalue weighted by molar-refractivity contribution is 6.28. The molecule has 1 saturated heterocycles. The van der Waals surface area contributed by atoms with E-state index in [0.29, 0.717) is 11.5 Å². The average molecular weight is 794 g/mol. The van der Waals surface area contributed by atoms with Crippen LogP contribution < -0.4 is 20.7 Å². The molecule has 4 atom stereocenters. The summed E-state index contributed by atoms with van der Waals surface area (Å²) < 4.78 is 25.5. The Hall–Kier alpha value is -6.93. The average Bonchev–Trinajstić information content (AvgIpc) is 3.60. The number of hydrogen-bond donors (Lipinski definition) is 2. The van der Waals surface area contributed by atoms with Crippen LogP contribution >= 0.6 is 0 Å². The van der Waals surface area contributed by atoms with Gasteiger partial charge in [-0.1, -0.05) is 78.9 Å². The van der Waals surface area contributed by atoms with Gasteiger partial charge >= 0.3 is 5.69 Å². The lowest BCUT2D eigenvalue weighted by atomic mass is 9.80. The number of hydrogen-bond acceptors (Lipinski definition) is 10. The monoisotopic (exact) mass is 793 g/mol. The van der Waals surface area contributed by atoms with Crippen LogP contribution in [-0.4, -0.2) is 83.2 Å². The molecule has 0 saturated carbocycles. The Kier molecular flexibility index (Phi) is 10.4. The summed E-state index contributed by atoms with van der Waals surface area (Å²) in [5, 5.41) is 12.2. The zero-order chi connectivity index (χ0) is 41.4. The number of amides is 1. The van der Waals surface area contributed by atoms with E-state index < -0.39 is 53.0 Å². The summed E-state index contributed by atoms with van der Waals surface area (Å²) in [6, 6.07) is 35.0. The number of methoxy groups -OCH3 is 2. The van der Waals surface area contributed by atoms with Crippen molar-refractivity contribution in [1.82, 2.24) is 14.5 Å². The lowest BCUT2D eigenvalue weighted by Gasteiger charge is -2.37. The Morgan fingerprint density at radius 3 is 1.85 bits per heavy atom. The minimum absolute atomic E-state index is 0.0633. The minimum Gasteiger partial charge on any atom is -0.497 e. The molecule has 1 amide bonds. The third-order valence-corrected chi connectivity index (χ3v) is 11.0. The van der Waals surface area contributed by atoms with Crippen molar-refractivity contribution in [3.8, 4) is 11.5 Å². The molecule has 1 aliphatic heterocycles.